The van der Waals surface area contributed by atoms with Crippen LogP contribution < -0.4 is 10.6 Å². The van der Waals surface area contributed by atoms with Crippen molar-refractivity contribution in [1.82, 2.24) is 20.4 Å². The van der Waals surface area contributed by atoms with Crippen LogP contribution in [0.5, 0.6) is 0 Å². The van der Waals surface area contributed by atoms with E-state index in [1.807, 2.05) is 41.5 Å². The summed E-state index contributed by atoms with van der Waals surface area (Å²) in [7, 11) is 3.37. The van der Waals surface area contributed by atoms with Crippen molar-refractivity contribution < 1.29 is 19.1 Å². The highest BCUT2D eigenvalue weighted by Gasteiger charge is 2.34. The molecule has 28 heavy (non-hydrogen) atoms. The number of hydrogen-bond donors (Lipinski definition) is 2. The maximum atomic E-state index is 11.9. The van der Waals surface area contributed by atoms with Crippen LogP contribution in [-0.2, 0) is 9.47 Å². The molecule has 9 nitrogen and oxygen atoms in total. The Labute approximate surface area is 185 Å². The maximum absolute atomic E-state index is 11.9. The molecule has 0 atom stereocenters. The Bertz CT molecular complexity index is 551. The second kappa shape index (κ2) is 10.9. The van der Waals surface area contributed by atoms with Crippen molar-refractivity contribution in [3.63, 3.8) is 0 Å². The second-order valence-electron chi connectivity index (χ2n) is 8.63. The summed E-state index contributed by atoms with van der Waals surface area (Å²) in [5.74, 6) is 0.626. The third-order valence-corrected chi connectivity index (χ3v) is 3.54. The number of likely N-dealkylation sites (tertiary alicyclic amines) is 1. The molecule has 0 saturated carbocycles. The number of carbonyl (C=O) groups is 2. The summed E-state index contributed by atoms with van der Waals surface area (Å²) < 4.78 is 10.6. The first kappa shape index (κ1) is 26.5. The Morgan fingerprint density at radius 3 is 2.11 bits per heavy atom. The van der Waals surface area contributed by atoms with Gasteiger partial charge in [0, 0.05) is 40.3 Å². The third-order valence-electron chi connectivity index (χ3n) is 3.54. The van der Waals surface area contributed by atoms with Crippen molar-refractivity contribution in [2.24, 2.45) is 4.99 Å². The van der Waals surface area contributed by atoms with Crippen LogP contribution in [0.4, 0.5) is 9.59 Å². The minimum atomic E-state index is -0.513. The molecule has 1 aliphatic rings. The van der Waals surface area contributed by atoms with E-state index in [9.17, 15) is 9.59 Å². The molecule has 1 heterocycles. The summed E-state index contributed by atoms with van der Waals surface area (Å²) in [4.78, 5) is 31.2. The van der Waals surface area contributed by atoms with Gasteiger partial charge in [-0.1, -0.05) is 0 Å². The molecule has 1 aliphatic heterocycles. The summed E-state index contributed by atoms with van der Waals surface area (Å²) in [5.41, 5.74) is -1.01. The van der Waals surface area contributed by atoms with Crippen molar-refractivity contribution in [1.29, 1.82) is 0 Å². The van der Waals surface area contributed by atoms with Crippen molar-refractivity contribution >= 4 is 42.1 Å². The molecule has 0 aromatic carbocycles. The van der Waals surface area contributed by atoms with Crippen LogP contribution in [-0.4, -0.2) is 85.5 Å². The molecule has 2 N–H and O–H groups in total. The Balaban J connectivity index is 0.00000729. The van der Waals surface area contributed by atoms with Gasteiger partial charge in [0.05, 0.1) is 6.04 Å². The molecule has 0 aromatic heterocycles. The van der Waals surface area contributed by atoms with Gasteiger partial charge in [0.2, 0.25) is 0 Å². The van der Waals surface area contributed by atoms with E-state index in [0.717, 1.165) is 0 Å². The normalized spacial score (nSPS) is 15.1. The zero-order chi connectivity index (χ0) is 20.8. The van der Waals surface area contributed by atoms with Gasteiger partial charge in [-0.25, -0.2) is 9.59 Å². The van der Waals surface area contributed by atoms with Crippen LogP contribution in [0.15, 0.2) is 4.99 Å². The van der Waals surface area contributed by atoms with Crippen LogP contribution in [0.25, 0.3) is 0 Å². The Morgan fingerprint density at radius 1 is 1.11 bits per heavy atom. The fraction of sp³-hybridized carbons (Fsp3) is 0.833. The lowest BCUT2D eigenvalue weighted by atomic mass is 10.1. The van der Waals surface area contributed by atoms with E-state index in [2.05, 4.69) is 15.6 Å². The summed E-state index contributed by atoms with van der Waals surface area (Å²) in [6.45, 7) is 13.2. The zero-order valence-corrected chi connectivity index (χ0v) is 20.6. The lowest BCUT2D eigenvalue weighted by molar-refractivity contribution is 0.00700. The Morgan fingerprint density at radius 2 is 1.64 bits per heavy atom. The Kier molecular flexibility index (Phi) is 10.3. The molecule has 1 fully saturated rings. The molecule has 0 bridgehead atoms. The molecule has 1 rings (SSSR count). The number of carbonyl (C=O) groups excluding carboxylic acids is 2. The van der Waals surface area contributed by atoms with Crippen molar-refractivity contribution in [2.45, 2.75) is 58.8 Å². The minimum Gasteiger partial charge on any atom is -0.444 e. The van der Waals surface area contributed by atoms with Gasteiger partial charge in [-0.15, -0.1) is 24.0 Å². The van der Waals surface area contributed by atoms with Crippen LogP contribution >= 0.6 is 24.0 Å². The third kappa shape index (κ3) is 10.2. The topological polar surface area (TPSA) is 95.5 Å². The molecule has 0 aromatic rings. The number of rotatable bonds is 4. The van der Waals surface area contributed by atoms with Gasteiger partial charge in [-0.05, 0) is 41.5 Å². The number of hydrogen-bond acceptors (Lipinski definition) is 5. The molecule has 164 valence electrons. The fourth-order valence-electron chi connectivity index (χ4n) is 2.21. The largest absolute Gasteiger partial charge is 0.444 e. The number of ether oxygens (including phenoxy) is 2. The van der Waals surface area contributed by atoms with Crippen LogP contribution in [0.1, 0.15) is 41.5 Å². The monoisotopic (exact) mass is 513 g/mol. The number of nitrogens with zero attached hydrogens (tertiary/aromatic N) is 3. The van der Waals surface area contributed by atoms with Gasteiger partial charge >= 0.3 is 12.2 Å². The molecule has 0 aliphatic carbocycles. The molecule has 0 spiro atoms. The number of likely N-dealkylation sites (N-methyl/N-ethyl adjacent to an activating group) is 1. The summed E-state index contributed by atoms with van der Waals surface area (Å²) in [6.07, 6.45) is -0.665. The minimum absolute atomic E-state index is 0. The van der Waals surface area contributed by atoms with Gasteiger partial charge < -0.3 is 29.9 Å². The highest BCUT2D eigenvalue weighted by Crippen LogP contribution is 2.15. The summed E-state index contributed by atoms with van der Waals surface area (Å²) in [6, 6.07) is 0.118. The summed E-state index contributed by atoms with van der Waals surface area (Å²) >= 11 is 0. The van der Waals surface area contributed by atoms with Gasteiger partial charge in [0.1, 0.15) is 11.2 Å². The quantitative estimate of drug-likeness (QED) is 0.340. The maximum Gasteiger partial charge on any atom is 0.410 e. The fourth-order valence-corrected chi connectivity index (χ4v) is 2.21. The van der Waals surface area contributed by atoms with Gasteiger partial charge in [-0.3, -0.25) is 4.99 Å². The second-order valence-corrected chi connectivity index (χ2v) is 8.63. The first-order valence-corrected chi connectivity index (χ1v) is 9.20. The SMILES string of the molecule is CN=C(NCCN(C)C(=O)OC(C)(C)C)NC1CN(C(=O)OC(C)(C)C)C1.I. The van der Waals surface area contributed by atoms with E-state index in [1.165, 1.54) is 4.90 Å². The van der Waals surface area contributed by atoms with Crippen LogP contribution in [0.2, 0.25) is 0 Å². The predicted molar refractivity (Wildman–Crippen MR) is 120 cm³/mol. The molecule has 0 radical (unpaired) electrons. The molecule has 2 amide bonds. The van der Waals surface area contributed by atoms with E-state index < -0.39 is 11.2 Å². The number of amides is 2. The van der Waals surface area contributed by atoms with Crippen LogP contribution in [0, 0.1) is 0 Å². The first-order chi connectivity index (χ1) is 12.3. The molecular formula is C18H36IN5O4. The van der Waals surface area contributed by atoms with E-state index in [4.69, 9.17) is 9.47 Å². The molecule has 1 saturated heterocycles. The van der Waals surface area contributed by atoms with Gasteiger partial charge in [0.15, 0.2) is 5.96 Å². The Hall–Kier alpha value is -1.46. The van der Waals surface area contributed by atoms with Crippen molar-refractivity contribution in [2.75, 3.05) is 40.3 Å². The number of aliphatic imine (C=N–C) groups is 1. The number of guanidine groups is 1. The molecular weight excluding hydrogens is 477 g/mol. The average molecular weight is 513 g/mol. The van der Waals surface area contributed by atoms with E-state index in [1.54, 1.807) is 19.0 Å². The smallest absolute Gasteiger partial charge is 0.410 e. The predicted octanol–water partition coefficient (Wildman–Crippen LogP) is 2.26. The van der Waals surface area contributed by atoms with Crippen molar-refractivity contribution in [3.8, 4) is 0 Å². The van der Waals surface area contributed by atoms with Gasteiger partial charge in [-0.2, -0.15) is 0 Å². The van der Waals surface area contributed by atoms with Crippen LogP contribution in [0.3, 0.4) is 0 Å². The first-order valence-electron chi connectivity index (χ1n) is 9.20. The highest BCUT2D eigenvalue weighted by atomic mass is 127. The van der Waals surface area contributed by atoms with E-state index in [-0.39, 0.29) is 42.2 Å². The van der Waals surface area contributed by atoms with E-state index in [0.29, 0.717) is 32.1 Å². The summed E-state index contributed by atoms with van der Waals surface area (Å²) in [5, 5.41) is 6.40. The molecule has 0 unspecified atom stereocenters. The van der Waals surface area contributed by atoms with Gasteiger partial charge in [0.25, 0.3) is 0 Å². The zero-order valence-electron chi connectivity index (χ0n) is 18.3. The van der Waals surface area contributed by atoms with Crippen molar-refractivity contribution in [3.05, 3.63) is 0 Å². The molecule has 10 heteroatoms. The number of halogens is 1. The lowest BCUT2D eigenvalue weighted by Gasteiger charge is -2.40. The van der Waals surface area contributed by atoms with E-state index >= 15 is 0 Å². The standard InChI is InChI=1S/C18H35N5O4.HI/c1-17(2,3)26-15(24)22(8)10-9-20-14(19-7)21-13-11-23(12-13)16(25)27-18(4,5)6;/h13H,9-12H2,1-8H3,(H2,19,20,21);1H. The highest BCUT2D eigenvalue weighted by molar-refractivity contribution is 14.0. The average Bonchev–Trinajstić information content (AvgIpc) is 2.44. The number of nitrogens with one attached hydrogen (secondary N) is 2. The lowest BCUT2D eigenvalue weighted by Crippen LogP contribution is -2.63.